The van der Waals surface area contributed by atoms with Crippen molar-refractivity contribution < 1.29 is 9.53 Å². The summed E-state index contributed by atoms with van der Waals surface area (Å²) in [5.74, 6) is 1.65. The van der Waals surface area contributed by atoms with Gasteiger partial charge in [0.1, 0.15) is 5.75 Å². The molecule has 8 heteroatoms. The van der Waals surface area contributed by atoms with E-state index in [2.05, 4.69) is 15.5 Å². The summed E-state index contributed by atoms with van der Waals surface area (Å²) in [5.41, 5.74) is 3.91. The Bertz CT molecular complexity index is 1060. The van der Waals surface area contributed by atoms with Gasteiger partial charge < -0.3 is 14.6 Å². The number of anilines is 1. The van der Waals surface area contributed by atoms with E-state index >= 15 is 0 Å². The number of para-hydroxylation sites is 1. The lowest BCUT2D eigenvalue weighted by molar-refractivity contribution is -0.113. The zero-order valence-electron chi connectivity index (χ0n) is 18.4. The number of rotatable bonds is 8. The molecule has 3 rings (SSSR count). The molecule has 164 valence electrons. The number of halogens is 1. The minimum Gasteiger partial charge on any atom is -0.482 e. The van der Waals surface area contributed by atoms with Crippen molar-refractivity contribution in [1.82, 2.24) is 14.8 Å². The first-order chi connectivity index (χ1) is 14.8. The molecule has 0 spiro atoms. The van der Waals surface area contributed by atoms with Crippen molar-refractivity contribution >= 4 is 35.0 Å². The lowest BCUT2D eigenvalue weighted by Gasteiger charge is -2.17. The molecule has 0 aliphatic rings. The van der Waals surface area contributed by atoms with Crippen LogP contribution >= 0.6 is 23.4 Å². The lowest BCUT2D eigenvalue weighted by Crippen LogP contribution is -2.16. The maximum atomic E-state index is 12.5. The van der Waals surface area contributed by atoms with Crippen molar-refractivity contribution in [2.45, 2.75) is 52.4 Å². The van der Waals surface area contributed by atoms with Crippen molar-refractivity contribution in [1.29, 1.82) is 0 Å². The molecular formula is C23H27ClN4O2S. The summed E-state index contributed by atoms with van der Waals surface area (Å²) in [7, 11) is 0. The number of carbonyl (C=O) groups is 1. The topological polar surface area (TPSA) is 69.0 Å². The van der Waals surface area contributed by atoms with E-state index in [1.165, 1.54) is 11.8 Å². The number of ether oxygens (including phenoxy) is 1. The van der Waals surface area contributed by atoms with Crippen molar-refractivity contribution in [3.05, 3.63) is 63.9 Å². The predicted molar refractivity (Wildman–Crippen MR) is 126 cm³/mol. The van der Waals surface area contributed by atoms with Crippen LogP contribution in [0.15, 0.2) is 41.6 Å². The highest BCUT2D eigenvalue weighted by atomic mass is 35.5. The lowest BCUT2D eigenvalue weighted by atomic mass is 10.1. The molecule has 1 amide bonds. The van der Waals surface area contributed by atoms with E-state index in [0.717, 1.165) is 34.0 Å². The highest BCUT2D eigenvalue weighted by Crippen LogP contribution is 2.28. The molecule has 1 heterocycles. The standard InChI is InChI=1S/C23H27ClN4O2S/c1-6-28-22(17(5)30-19-11-10-18(24)12-16(19)4)26-27-23(28)31-13-20(29)25-21-14(2)8-7-9-15(21)3/h7-12,17H,6,13H2,1-5H3,(H,25,29). The number of thioether (sulfide) groups is 1. The fourth-order valence-electron chi connectivity index (χ4n) is 3.31. The third-order valence-corrected chi connectivity index (χ3v) is 6.15. The summed E-state index contributed by atoms with van der Waals surface area (Å²) in [6, 6.07) is 11.5. The summed E-state index contributed by atoms with van der Waals surface area (Å²) in [4.78, 5) is 12.5. The van der Waals surface area contributed by atoms with Gasteiger partial charge in [0, 0.05) is 17.3 Å². The van der Waals surface area contributed by atoms with Gasteiger partial charge in [0.25, 0.3) is 0 Å². The number of hydrogen-bond acceptors (Lipinski definition) is 5. The van der Waals surface area contributed by atoms with Crippen molar-refractivity contribution in [3.63, 3.8) is 0 Å². The van der Waals surface area contributed by atoms with Crippen molar-refractivity contribution in [2.24, 2.45) is 0 Å². The maximum absolute atomic E-state index is 12.5. The van der Waals surface area contributed by atoms with E-state index in [9.17, 15) is 4.79 Å². The molecule has 3 aromatic rings. The number of amides is 1. The molecule has 1 unspecified atom stereocenters. The fraction of sp³-hybridized carbons (Fsp3) is 0.348. The Kier molecular flexibility index (Phi) is 7.62. The molecule has 6 nitrogen and oxygen atoms in total. The Morgan fingerprint density at radius 2 is 1.87 bits per heavy atom. The van der Waals surface area contributed by atoms with Gasteiger partial charge in [-0.1, -0.05) is 41.6 Å². The van der Waals surface area contributed by atoms with Gasteiger partial charge >= 0.3 is 0 Å². The monoisotopic (exact) mass is 458 g/mol. The first-order valence-corrected chi connectivity index (χ1v) is 11.5. The second-order valence-electron chi connectivity index (χ2n) is 7.36. The molecule has 0 saturated heterocycles. The van der Waals surface area contributed by atoms with Crippen LogP contribution in [-0.4, -0.2) is 26.4 Å². The summed E-state index contributed by atoms with van der Waals surface area (Å²) in [5, 5.41) is 13.0. The second kappa shape index (κ2) is 10.2. The second-order valence-corrected chi connectivity index (χ2v) is 8.74. The van der Waals surface area contributed by atoms with Gasteiger partial charge in [-0.2, -0.15) is 0 Å². The molecule has 0 fully saturated rings. The van der Waals surface area contributed by atoms with Crippen LogP contribution in [0.25, 0.3) is 0 Å². The van der Waals surface area contributed by atoms with Gasteiger partial charge in [-0.15, -0.1) is 10.2 Å². The Labute approximate surface area is 192 Å². The summed E-state index contributed by atoms with van der Waals surface area (Å²) in [6.45, 7) is 10.6. The van der Waals surface area contributed by atoms with Gasteiger partial charge in [-0.25, -0.2) is 0 Å². The highest BCUT2D eigenvalue weighted by molar-refractivity contribution is 7.99. The Morgan fingerprint density at radius 3 is 2.52 bits per heavy atom. The molecule has 0 bridgehead atoms. The average molecular weight is 459 g/mol. The number of nitrogens with one attached hydrogen (secondary N) is 1. The fourth-order valence-corrected chi connectivity index (χ4v) is 4.35. The van der Waals surface area contributed by atoms with Crippen LogP contribution in [0.3, 0.4) is 0 Å². The molecule has 0 radical (unpaired) electrons. The highest BCUT2D eigenvalue weighted by Gasteiger charge is 2.20. The third-order valence-electron chi connectivity index (χ3n) is 4.94. The first-order valence-electron chi connectivity index (χ1n) is 10.1. The molecule has 0 saturated carbocycles. The van der Waals surface area contributed by atoms with E-state index in [1.807, 2.05) is 69.5 Å². The van der Waals surface area contributed by atoms with E-state index in [1.54, 1.807) is 6.07 Å². The summed E-state index contributed by atoms with van der Waals surface area (Å²) >= 11 is 7.40. The Balaban J connectivity index is 1.67. The predicted octanol–water partition coefficient (Wildman–Crippen LogP) is 5.75. The zero-order chi connectivity index (χ0) is 22.5. The van der Waals surface area contributed by atoms with E-state index in [-0.39, 0.29) is 17.8 Å². The van der Waals surface area contributed by atoms with Crippen LogP contribution in [0.2, 0.25) is 5.02 Å². The van der Waals surface area contributed by atoms with Crippen LogP contribution < -0.4 is 10.1 Å². The first kappa shape index (κ1) is 23.2. The molecule has 1 atom stereocenters. The van der Waals surface area contributed by atoms with Crippen LogP contribution in [0.5, 0.6) is 5.75 Å². The maximum Gasteiger partial charge on any atom is 0.234 e. The number of hydrogen-bond donors (Lipinski definition) is 1. The molecular weight excluding hydrogens is 432 g/mol. The minimum atomic E-state index is -0.301. The van der Waals surface area contributed by atoms with Gasteiger partial charge in [-0.05, 0) is 69.5 Å². The molecule has 0 aliphatic heterocycles. The van der Waals surface area contributed by atoms with E-state index < -0.39 is 0 Å². The van der Waals surface area contributed by atoms with Gasteiger partial charge in [0.2, 0.25) is 5.91 Å². The zero-order valence-corrected chi connectivity index (χ0v) is 20.0. The van der Waals surface area contributed by atoms with Crippen LogP contribution in [0.4, 0.5) is 5.69 Å². The average Bonchev–Trinajstić information content (AvgIpc) is 3.14. The number of carbonyl (C=O) groups excluding carboxylic acids is 1. The third kappa shape index (κ3) is 5.60. The van der Waals surface area contributed by atoms with E-state index in [4.69, 9.17) is 16.3 Å². The largest absolute Gasteiger partial charge is 0.482 e. The number of nitrogens with zero attached hydrogens (tertiary/aromatic N) is 3. The van der Waals surface area contributed by atoms with E-state index in [0.29, 0.717) is 16.7 Å². The Morgan fingerprint density at radius 1 is 1.16 bits per heavy atom. The van der Waals surface area contributed by atoms with Gasteiger partial charge in [0.15, 0.2) is 17.1 Å². The van der Waals surface area contributed by atoms with Gasteiger partial charge in [0.05, 0.1) is 5.75 Å². The summed E-state index contributed by atoms with van der Waals surface area (Å²) in [6.07, 6.45) is -0.301. The normalized spacial score (nSPS) is 11.9. The molecule has 1 aromatic heterocycles. The number of benzene rings is 2. The smallest absolute Gasteiger partial charge is 0.234 e. The van der Waals surface area contributed by atoms with Crippen LogP contribution in [0.1, 0.15) is 42.5 Å². The van der Waals surface area contributed by atoms with Crippen molar-refractivity contribution in [3.8, 4) is 5.75 Å². The molecule has 31 heavy (non-hydrogen) atoms. The Hall–Kier alpha value is -2.51. The number of aromatic nitrogens is 3. The minimum absolute atomic E-state index is 0.0734. The SMILES string of the molecule is CCn1c(SCC(=O)Nc2c(C)cccc2C)nnc1C(C)Oc1ccc(Cl)cc1C. The quantitative estimate of drug-likeness (QED) is 0.435. The molecule has 2 aromatic carbocycles. The van der Waals surface area contributed by atoms with Gasteiger partial charge in [-0.3, -0.25) is 4.79 Å². The van der Waals surface area contributed by atoms with Crippen LogP contribution in [-0.2, 0) is 11.3 Å². The summed E-state index contributed by atoms with van der Waals surface area (Å²) < 4.78 is 8.08. The molecule has 0 aliphatic carbocycles. The van der Waals surface area contributed by atoms with Crippen LogP contribution in [0, 0.1) is 20.8 Å². The van der Waals surface area contributed by atoms with Crippen molar-refractivity contribution in [2.75, 3.05) is 11.1 Å². The molecule has 1 N–H and O–H groups in total. The number of aryl methyl sites for hydroxylation is 3.